The Balaban J connectivity index is 2.21. The van der Waals surface area contributed by atoms with Crippen LogP contribution in [0.3, 0.4) is 0 Å². The second-order valence-electron chi connectivity index (χ2n) is 9.68. The minimum atomic E-state index is 0.500. The number of unbranched alkanes of at least 4 members (excludes halogenated alkanes) is 3. The van der Waals surface area contributed by atoms with Crippen LogP contribution in [0.1, 0.15) is 105 Å². The van der Waals surface area contributed by atoms with Crippen molar-refractivity contribution >= 4 is 0 Å². The molecule has 0 atom stereocenters. The molecule has 1 rings (SSSR count). The van der Waals surface area contributed by atoms with Crippen molar-refractivity contribution in [3.63, 3.8) is 0 Å². The highest BCUT2D eigenvalue weighted by atomic mass is 15.4. The van der Waals surface area contributed by atoms with Crippen LogP contribution in [0.4, 0.5) is 0 Å². The van der Waals surface area contributed by atoms with Gasteiger partial charge in [-0.1, -0.05) is 66.7 Å². The summed E-state index contributed by atoms with van der Waals surface area (Å²) in [6.45, 7) is 14.4. The van der Waals surface area contributed by atoms with Gasteiger partial charge in [0.05, 0.1) is 0 Å². The Kier molecular flexibility index (Phi) is 9.15. The third-order valence-electron chi connectivity index (χ3n) is 5.90. The van der Waals surface area contributed by atoms with Gasteiger partial charge in [-0.25, -0.2) is 5.01 Å². The lowest BCUT2D eigenvalue weighted by Crippen LogP contribution is -2.39. The molecule has 0 aromatic rings. The summed E-state index contributed by atoms with van der Waals surface area (Å²) >= 11 is 0. The van der Waals surface area contributed by atoms with E-state index in [2.05, 4.69) is 34.6 Å². The molecule has 0 radical (unpaired) electrons. The van der Waals surface area contributed by atoms with E-state index in [9.17, 15) is 0 Å². The molecule has 1 saturated heterocycles. The van der Waals surface area contributed by atoms with Crippen LogP contribution in [0.15, 0.2) is 0 Å². The zero-order valence-corrected chi connectivity index (χ0v) is 16.8. The molecule has 23 heavy (non-hydrogen) atoms. The maximum absolute atomic E-state index is 5.88. The molecular formula is C21H44N2. The van der Waals surface area contributed by atoms with Crippen LogP contribution in [0.2, 0.25) is 0 Å². The van der Waals surface area contributed by atoms with Gasteiger partial charge in [-0.3, -0.25) is 5.84 Å². The Morgan fingerprint density at radius 1 is 0.826 bits per heavy atom. The van der Waals surface area contributed by atoms with Crippen LogP contribution >= 0.6 is 0 Å². The Morgan fingerprint density at radius 2 is 1.39 bits per heavy atom. The molecule has 1 fully saturated rings. The topological polar surface area (TPSA) is 29.3 Å². The summed E-state index contributed by atoms with van der Waals surface area (Å²) in [5.41, 5.74) is 1.04. The minimum absolute atomic E-state index is 0.500. The van der Waals surface area contributed by atoms with Gasteiger partial charge in [0.1, 0.15) is 0 Å². The molecule has 2 nitrogen and oxygen atoms in total. The summed E-state index contributed by atoms with van der Waals surface area (Å²) in [4.78, 5) is 0. The number of hydrogen-bond acceptors (Lipinski definition) is 2. The summed E-state index contributed by atoms with van der Waals surface area (Å²) in [6, 6.07) is 0. The van der Waals surface area contributed by atoms with Gasteiger partial charge in [0.2, 0.25) is 0 Å². The number of rotatable bonds is 11. The van der Waals surface area contributed by atoms with Crippen molar-refractivity contribution in [1.82, 2.24) is 5.01 Å². The molecule has 0 saturated carbocycles. The Bertz CT molecular complexity index is 301. The van der Waals surface area contributed by atoms with Gasteiger partial charge in [0.25, 0.3) is 0 Å². The molecule has 2 N–H and O–H groups in total. The van der Waals surface area contributed by atoms with E-state index >= 15 is 0 Å². The minimum Gasteiger partial charge on any atom is -0.269 e. The van der Waals surface area contributed by atoms with Crippen LogP contribution in [0.5, 0.6) is 0 Å². The fraction of sp³-hybridized carbons (Fsp3) is 1.00. The zero-order chi connectivity index (χ0) is 17.3. The van der Waals surface area contributed by atoms with Crippen molar-refractivity contribution in [1.29, 1.82) is 0 Å². The van der Waals surface area contributed by atoms with E-state index in [1.54, 1.807) is 0 Å². The van der Waals surface area contributed by atoms with Crippen molar-refractivity contribution in [2.75, 3.05) is 13.1 Å². The van der Waals surface area contributed by atoms with Gasteiger partial charge in [-0.05, 0) is 55.3 Å². The monoisotopic (exact) mass is 324 g/mol. The molecule has 1 heterocycles. The maximum atomic E-state index is 5.88. The van der Waals surface area contributed by atoms with Crippen LogP contribution < -0.4 is 5.84 Å². The van der Waals surface area contributed by atoms with Crippen molar-refractivity contribution in [2.24, 2.45) is 22.6 Å². The number of nitrogens with zero attached hydrogens (tertiary/aromatic N) is 1. The summed E-state index contributed by atoms with van der Waals surface area (Å²) in [6.07, 6.45) is 15.1. The Hall–Kier alpha value is -0.0800. The van der Waals surface area contributed by atoms with Gasteiger partial charge in [0, 0.05) is 13.1 Å². The average Bonchev–Trinajstić information content (AvgIpc) is 2.45. The molecule has 0 unspecified atom stereocenters. The van der Waals surface area contributed by atoms with E-state index in [1.807, 2.05) is 5.01 Å². The maximum Gasteiger partial charge on any atom is 0.0131 e. The fourth-order valence-electron chi connectivity index (χ4n) is 4.24. The van der Waals surface area contributed by atoms with Crippen molar-refractivity contribution < 1.29 is 0 Å². The normalized spacial score (nSPS) is 18.5. The highest BCUT2D eigenvalue weighted by molar-refractivity contribution is 4.79. The Labute approximate surface area is 146 Å². The molecule has 1 aliphatic heterocycles. The fourth-order valence-corrected chi connectivity index (χ4v) is 4.24. The zero-order valence-electron chi connectivity index (χ0n) is 16.8. The number of hydrazine groups is 1. The second-order valence-corrected chi connectivity index (χ2v) is 9.68. The van der Waals surface area contributed by atoms with Crippen molar-refractivity contribution in [3.8, 4) is 0 Å². The molecule has 1 aliphatic rings. The smallest absolute Gasteiger partial charge is 0.0131 e. The van der Waals surface area contributed by atoms with Gasteiger partial charge in [0.15, 0.2) is 0 Å². The average molecular weight is 325 g/mol. The van der Waals surface area contributed by atoms with Gasteiger partial charge < -0.3 is 0 Å². The third kappa shape index (κ3) is 9.72. The molecule has 0 bridgehead atoms. The molecule has 0 aliphatic carbocycles. The molecule has 0 amide bonds. The van der Waals surface area contributed by atoms with E-state index < -0.39 is 0 Å². The molecule has 0 aromatic heterocycles. The van der Waals surface area contributed by atoms with E-state index in [1.165, 1.54) is 70.6 Å². The lowest BCUT2D eigenvalue weighted by Gasteiger charge is -2.35. The van der Waals surface area contributed by atoms with Crippen molar-refractivity contribution in [2.45, 2.75) is 105 Å². The number of nitrogens with two attached hydrogens (primary N) is 1. The van der Waals surface area contributed by atoms with E-state index in [0.29, 0.717) is 10.8 Å². The number of piperidine rings is 1. The summed E-state index contributed by atoms with van der Waals surface area (Å²) in [5, 5.41) is 1.99. The van der Waals surface area contributed by atoms with Gasteiger partial charge >= 0.3 is 0 Å². The lowest BCUT2D eigenvalue weighted by molar-refractivity contribution is 0.139. The predicted molar refractivity (Wildman–Crippen MR) is 103 cm³/mol. The van der Waals surface area contributed by atoms with Crippen LogP contribution in [-0.2, 0) is 0 Å². The standard InChI is InChI=1S/C21H44N2/c1-6-7-8-9-13-20(2,3)14-10-15-21(4,5)18-19-11-16-23(22)17-12-19/h19H,6-18,22H2,1-5H3. The summed E-state index contributed by atoms with van der Waals surface area (Å²) in [5.74, 6) is 6.78. The Morgan fingerprint density at radius 3 is 2.00 bits per heavy atom. The molecule has 138 valence electrons. The highest BCUT2D eigenvalue weighted by Crippen LogP contribution is 2.37. The molecule has 0 spiro atoms. The van der Waals surface area contributed by atoms with Crippen LogP contribution in [0, 0.1) is 16.7 Å². The largest absolute Gasteiger partial charge is 0.269 e. The summed E-state index contributed by atoms with van der Waals surface area (Å²) in [7, 11) is 0. The predicted octanol–water partition coefficient (Wildman–Crippen LogP) is 6.16. The number of hydrogen-bond donors (Lipinski definition) is 1. The lowest BCUT2D eigenvalue weighted by atomic mass is 9.74. The highest BCUT2D eigenvalue weighted by Gasteiger charge is 2.26. The van der Waals surface area contributed by atoms with Gasteiger partial charge in [-0.2, -0.15) is 0 Å². The van der Waals surface area contributed by atoms with Crippen LogP contribution in [0.25, 0.3) is 0 Å². The van der Waals surface area contributed by atoms with Gasteiger partial charge in [-0.15, -0.1) is 0 Å². The SMILES string of the molecule is CCCCCCC(C)(C)CCCC(C)(C)CC1CCN(N)CC1. The van der Waals surface area contributed by atoms with E-state index in [-0.39, 0.29) is 0 Å². The first-order valence-electron chi connectivity index (χ1n) is 10.2. The molecule has 0 aromatic carbocycles. The quantitative estimate of drug-likeness (QED) is 0.364. The van der Waals surface area contributed by atoms with E-state index in [0.717, 1.165) is 19.0 Å². The van der Waals surface area contributed by atoms with E-state index in [4.69, 9.17) is 5.84 Å². The first kappa shape index (κ1) is 21.0. The molecular weight excluding hydrogens is 280 g/mol. The molecule has 2 heteroatoms. The third-order valence-corrected chi connectivity index (χ3v) is 5.90. The first-order chi connectivity index (χ1) is 10.7. The first-order valence-corrected chi connectivity index (χ1v) is 10.2. The second kappa shape index (κ2) is 10.0. The van der Waals surface area contributed by atoms with Crippen LogP contribution in [-0.4, -0.2) is 18.1 Å². The summed E-state index contributed by atoms with van der Waals surface area (Å²) < 4.78 is 0. The van der Waals surface area contributed by atoms with Crippen molar-refractivity contribution in [3.05, 3.63) is 0 Å².